The number of rotatable bonds is 2. The number of phenols is 1. The fourth-order valence-electron chi connectivity index (χ4n) is 2.94. The lowest BCUT2D eigenvalue weighted by Crippen LogP contribution is -2.19. The molecule has 0 atom stereocenters. The monoisotopic (exact) mass is 321 g/mol. The summed E-state index contributed by atoms with van der Waals surface area (Å²) < 4.78 is 1.62. The van der Waals surface area contributed by atoms with Gasteiger partial charge in [-0.3, -0.25) is 9.89 Å². The third kappa shape index (κ3) is 1.95. The fraction of sp³-hybridized carbons (Fsp3) is 0.118. The second-order valence-corrected chi connectivity index (χ2v) is 5.54. The molecule has 120 valence electrons. The first-order chi connectivity index (χ1) is 11.6. The van der Waals surface area contributed by atoms with Gasteiger partial charge in [0.25, 0.3) is 5.56 Å². The molecule has 4 aromatic rings. The predicted molar refractivity (Wildman–Crippen MR) is 92.8 cm³/mol. The van der Waals surface area contributed by atoms with E-state index in [-0.39, 0.29) is 11.3 Å². The van der Waals surface area contributed by atoms with Gasteiger partial charge in [-0.05, 0) is 37.3 Å². The van der Waals surface area contributed by atoms with E-state index in [0.29, 0.717) is 39.9 Å². The summed E-state index contributed by atoms with van der Waals surface area (Å²) >= 11 is 0. The third-order valence-corrected chi connectivity index (χ3v) is 4.15. The molecule has 0 aliphatic carbocycles. The number of benzene rings is 1. The second-order valence-electron chi connectivity index (χ2n) is 5.54. The molecule has 0 saturated heterocycles. The maximum Gasteiger partial charge on any atom is 0.260 e. The molecular weight excluding hydrogens is 306 g/mol. The van der Waals surface area contributed by atoms with Crippen LogP contribution < -0.4 is 11.3 Å². The van der Waals surface area contributed by atoms with Crippen LogP contribution in [0.15, 0.2) is 41.3 Å². The summed E-state index contributed by atoms with van der Waals surface area (Å²) in [5.41, 5.74) is 7.55. The quantitative estimate of drug-likeness (QED) is 0.524. The predicted octanol–water partition coefficient (Wildman–Crippen LogP) is 2.25. The third-order valence-electron chi connectivity index (χ3n) is 4.15. The number of nitrogens with two attached hydrogens (primary N) is 1. The number of nitrogens with one attached hydrogen (secondary N) is 1. The zero-order chi connectivity index (χ0) is 16.8. The second kappa shape index (κ2) is 5.09. The Kier molecular flexibility index (Phi) is 3.02. The molecule has 4 N–H and O–H groups in total. The Morgan fingerprint density at radius 2 is 1.96 bits per heavy atom. The first kappa shape index (κ1) is 14.3. The van der Waals surface area contributed by atoms with Crippen LogP contribution in [0.1, 0.15) is 6.92 Å². The van der Waals surface area contributed by atoms with Crippen molar-refractivity contribution in [3.05, 3.63) is 46.9 Å². The highest BCUT2D eigenvalue weighted by molar-refractivity contribution is 6.13. The average molecular weight is 321 g/mol. The number of aromatic hydroxyl groups is 1. The van der Waals surface area contributed by atoms with E-state index in [2.05, 4.69) is 15.2 Å². The summed E-state index contributed by atoms with van der Waals surface area (Å²) in [5, 5.41) is 18.2. The lowest BCUT2D eigenvalue weighted by atomic mass is 10.0. The van der Waals surface area contributed by atoms with Crippen molar-refractivity contribution in [2.75, 3.05) is 5.73 Å². The van der Waals surface area contributed by atoms with Gasteiger partial charge in [-0.1, -0.05) is 0 Å². The van der Waals surface area contributed by atoms with Gasteiger partial charge in [0.15, 0.2) is 5.65 Å². The summed E-state index contributed by atoms with van der Waals surface area (Å²) in [6.07, 6.45) is 1.75. The number of hydrogen-bond donors (Lipinski definition) is 3. The van der Waals surface area contributed by atoms with Gasteiger partial charge in [-0.15, -0.1) is 0 Å². The van der Waals surface area contributed by atoms with E-state index in [4.69, 9.17) is 5.73 Å². The minimum absolute atomic E-state index is 0.131. The number of pyridine rings is 2. The van der Waals surface area contributed by atoms with Crippen LogP contribution in [0.5, 0.6) is 5.75 Å². The van der Waals surface area contributed by atoms with E-state index >= 15 is 0 Å². The van der Waals surface area contributed by atoms with E-state index in [1.807, 2.05) is 13.0 Å². The van der Waals surface area contributed by atoms with Crippen molar-refractivity contribution in [1.82, 2.24) is 19.7 Å². The number of H-pyrrole nitrogens is 1. The normalized spacial score (nSPS) is 11.4. The largest absolute Gasteiger partial charge is 0.508 e. The highest BCUT2D eigenvalue weighted by Crippen LogP contribution is 2.32. The molecule has 1 aromatic carbocycles. The maximum absolute atomic E-state index is 12.9. The molecule has 24 heavy (non-hydrogen) atoms. The SMILES string of the molecule is CCn1ccc2c(c(-c3ccc(O)cc3)nc3n[nH]c(N)c32)c1=O. The van der Waals surface area contributed by atoms with Gasteiger partial charge in [0, 0.05) is 23.7 Å². The van der Waals surface area contributed by atoms with E-state index < -0.39 is 0 Å². The molecule has 3 aromatic heterocycles. The Balaban J connectivity index is 2.21. The molecule has 0 aliphatic rings. The van der Waals surface area contributed by atoms with Crippen LogP contribution in [0.25, 0.3) is 33.1 Å². The lowest BCUT2D eigenvalue weighted by molar-refractivity contribution is 0.475. The van der Waals surface area contributed by atoms with Crippen molar-refractivity contribution in [2.45, 2.75) is 13.5 Å². The summed E-state index contributed by atoms with van der Waals surface area (Å²) in [4.78, 5) is 17.4. The number of aromatic amines is 1. The van der Waals surface area contributed by atoms with Crippen LogP contribution >= 0.6 is 0 Å². The number of nitrogen functional groups attached to an aromatic ring is 1. The maximum atomic E-state index is 12.9. The topological polar surface area (TPSA) is 110 Å². The molecule has 0 fully saturated rings. The van der Waals surface area contributed by atoms with Gasteiger partial charge in [-0.25, -0.2) is 4.98 Å². The van der Waals surface area contributed by atoms with Gasteiger partial charge in [0.1, 0.15) is 11.6 Å². The summed E-state index contributed by atoms with van der Waals surface area (Å²) in [6.45, 7) is 2.47. The van der Waals surface area contributed by atoms with E-state index in [9.17, 15) is 9.90 Å². The molecule has 7 nitrogen and oxygen atoms in total. The zero-order valence-electron chi connectivity index (χ0n) is 12.9. The standard InChI is InChI=1S/C17H15N5O2/c1-2-22-8-7-11-12(17(22)24)14(9-3-5-10(23)6-4-9)19-16-13(11)15(18)20-21-16/h3-8,23H,2H2,1H3,(H3,18,19,20,21). The van der Waals surface area contributed by atoms with Crippen molar-refractivity contribution in [3.8, 4) is 17.0 Å². The van der Waals surface area contributed by atoms with E-state index in [0.717, 1.165) is 5.56 Å². The van der Waals surface area contributed by atoms with Crippen LogP contribution in [0.2, 0.25) is 0 Å². The summed E-state index contributed by atoms with van der Waals surface area (Å²) in [5.74, 6) is 0.535. The number of nitrogens with zero attached hydrogens (tertiary/aromatic N) is 3. The van der Waals surface area contributed by atoms with Crippen molar-refractivity contribution < 1.29 is 5.11 Å². The van der Waals surface area contributed by atoms with Crippen molar-refractivity contribution in [1.29, 1.82) is 0 Å². The molecule has 0 unspecified atom stereocenters. The molecule has 0 saturated carbocycles. The Labute approximate surface area is 136 Å². The molecule has 0 amide bonds. The highest BCUT2D eigenvalue weighted by atomic mass is 16.3. The lowest BCUT2D eigenvalue weighted by Gasteiger charge is -2.10. The minimum atomic E-state index is -0.131. The van der Waals surface area contributed by atoms with Crippen LogP contribution in [0, 0.1) is 0 Å². The molecule has 0 radical (unpaired) electrons. The van der Waals surface area contributed by atoms with Gasteiger partial charge < -0.3 is 15.4 Å². The van der Waals surface area contributed by atoms with E-state index in [1.54, 1.807) is 35.0 Å². The van der Waals surface area contributed by atoms with Crippen LogP contribution in [0.3, 0.4) is 0 Å². The van der Waals surface area contributed by atoms with Crippen LogP contribution in [0.4, 0.5) is 5.82 Å². The number of aromatic nitrogens is 4. The van der Waals surface area contributed by atoms with Crippen LogP contribution in [-0.2, 0) is 6.54 Å². The zero-order valence-corrected chi connectivity index (χ0v) is 12.9. The van der Waals surface area contributed by atoms with Crippen molar-refractivity contribution in [3.63, 3.8) is 0 Å². The number of phenolic OH excluding ortho intramolecular Hbond substituents is 1. The van der Waals surface area contributed by atoms with Crippen LogP contribution in [-0.4, -0.2) is 24.9 Å². The Hall–Kier alpha value is -3.35. The molecule has 0 bridgehead atoms. The molecule has 7 heteroatoms. The average Bonchev–Trinajstić information content (AvgIpc) is 2.96. The van der Waals surface area contributed by atoms with E-state index in [1.165, 1.54) is 0 Å². The van der Waals surface area contributed by atoms with Gasteiger partial charge in [0.05, 0.1) is 16.5 Å². The Morgan fingerprint density at radius 1 is 1.21 bits per heavy atom. The van der Waals surface area contributed by atoms with Crippen molar-refractivity contribution in [2.24, 2.45) is 0 Å². The summed E-state index contributed by atoms with van der Waals surface area (Å²) in [6, 6.07) is 8.43. The number of aryl methyl sites for hydroxylation is 1. The molecule has 0 spiro atoms. The first-order valence-electron chi connectivity index (χ1n) is 7.56. The number of anilines is 1. The first-order valence-corrected chi connectivity index (χ1v) is 7.56. The van der Waals surface area contributed by atoms with Gasteiger partial charge in [-0.2, -0.15) is 5.10 Å². The Morgan fingerprint density at radius 3 is 2.67 bits per heavy atom. The smallest absolute Gasteiger partial charge is 0.260 e. The highest BCUT2D eigenvalue weighted by Gasteiger charge is 2.17. The molecular formula is C17H15N5O2. The minimum Gasteiger partial charge on any atom is -0.508 e. The number of fused-ring (bicyclic) bond motifs is 3. The molecule has 3 heterocycles. The fourth-order valence-corrected chi connectivity index (χ4v) is 2.94. The van der Waals surface area contributed by atoms with Gasteiger partial charge in [0.2, 0.25) is 0 Å². The Bertz CT molecular complexity index is 1130. The summed E-state index contributed by atoms with van der Waals surface area (Å²) in [7, 11) is 0. The number of hydrogen-bond acceptors (Lipinski definition) is 5. The molecule has 0 aliphatic heterocycles. The van der Waals surface area contributed by atoms with Crippen molar-refractivity contribution >= 4 is 27.6 Å². The van der Waals surface area contributed by atoms with Gasteiger partial charge >= 0.3 is 0 Å². The molecule has 4 rings (SSSR count).